The number of carbonyl (C=O) groups excluding carboxylic acids is 1. The second-order valence-corrected chi connectivity index (χ2v) is 6.61. The highest BCUT2D eigenvalue weighted by molar-refractivity contribution is 6.34. The maximum absolute atomic E-state index is 12.4. The second-order valence-electron chi connectivity index (χ2n) is 6.20. The van der Waals surface area contributed by atoms with Gasteiger partial charge in [-0.15, -0.1) is 0 Å². The highest BCUT2D eigenvalue weighted by Crippen LogP contribution is 2.25. The summed E-state index contributed by atoms with van der Waals surface area (Å²) in [5.41, 5.74) is 1.75. The number of fused-ring (bicyclic) bond motifs is 1. The Hall–Kier alpha value is -4.04. The van der Waals surface area contributed by atoms with E-state index in [1.807, 2.05) is 24.3 Å². The number of hydrogen-bond donors (Lipinski definition) is 1. The van der Waals surface area contributed by atoms with Crippen LogP contribution in [0.3, 0.4) is 0 Å². The molecule has 0 fully saturated rings. The van der Waals surface area contributed by atoms with Gasteiger partial charge in [0.05, 0.1) is 32.7 Å². The van der Waals surface area contributed by atoms with Crippen molar-refractivity contribution in [2.24, 2.45) is 0 Å². The predicted molar refractivity (Wildman–Crippen MR) is 112 cm³/mol. The molecule has 1 heterocycles. The minimum atomic E-state index is -0.588. The third-order valence-electron chi connectivity index (χ3n) is 4.17. The number of benzene rings is 3. The van der Waals surface area contributed by atoms with Crippen molar-refractivity contribution in [3.63, 3.8) is 0 Å². The van der Waals surface area contributed by atoms with E-state index in [4.69, 9.17) is 16.3 Å². The Morgan fingerprint density at radius 2 is 1.77 bits per heavy atom. The van der Waals surface area contributed by atoms with E-state index in [2.05, 4.69) is 15.3 Å². The van der Waals surface area contributed by atoms with Gasteiger partial charge in [-0.3, -0.25) is 14.9 Å². The number of nitrogens with one attached hydrogen (secondary N) is 1. The summed E-state index contributed by atoms with van der Waals surface area (Å²) in [4.78, 5) is 31.4. The van der Waals surface area contributed by atoms with Gasteiger partial charge in [0, 0.05) is 17.8 Å². The van der Waals surface area contributed by atoms with Crippen LogP contribution in [-0.4, -0.2) is 20.8 Å². The smallest absolute Gasteiger partial charge is 0.270 e. The Morgan fingerprint density at radius 3 is 2.50 bits per heavy atom. The minimum Gasteiger partial charge on any atom is -0.437 e. The molecule has 9 heteroatoms. The summed E-state index contributed by atoms with van der Waals surface area (Å²) in [6, 6.07) is 17.7. The number of aromatic nitrogens is 2. The summed E-state index contributed by atoms with van der Waals surface area (Å²) in [5, 5.41) is 13.7. The van der Waals surface area contributed by atoms with Gasteiger partial charge in [0.15, 0.2) is 0 Å². The topological polar surface area (TPSA) is 107 Å². The van der Waals surface area contributed by atoms with Gasteiger partial charge in [0.1, 0.15) is 5.75 Å². The SMILES string of the molecule is O=C(Nc1ccc(Oc2cnc3ccccc3n2)cc1)c1cc([N+](=O)[O-])ccc1Cl. The van der Waals surface area contributed by atoms with E-state index in [0.29, 0.717) is 22.8 Å². The molecule has 30 heavy (non-hydrogen) atoms. The molecule has 0 radical (unpaired) electrons. The van der Waals surface area contributed by atoms with Crippen LogP contribution in [0.15, 0.2) is 72.9 Å². The third-order valence-corrected chi connectivity index (χ3v) is 4.50. The summed E-state index contributed by atoms with van der Waals surface area (Å²) >= 11 is 6.00. The molecule has 1 amide bonds. The highest BCUT2D eigenvalue weighted by Gasteiger charge is 2.16. The van der Waals surface area contributed by atoms with Crippen LogP contribution in [0.2, 0.25) is 5.02 Å². The van der Waals surface area contributed by atoms with Crippen LogP contribution < -0.4 is 10.1 Å². The summed E-state index contributed by atoms with van der Waals surface area (Å²) in [6.07, 6.45) is 1.53. The van der Waals surface area contributed by atoms with E-state index in [0.717, 1.165) is 11.6 Å². The maximum Gasteiger partial charge on any atom is 0.270 e. The quantitative estimate of drug-likeness (QED) is 0.349. The number of anilines is 1. The van der Waals surface area contributed by atoms with Gasteiger partial charge in [-0.05, 0) is 42.5 Å². The number of rotatable bonds is 5. The first-order valence-corrected chi connectivity index (χ1v) is 9.12. The number of non-ortho nitro benzene ring substituents is 1. The molecule has 4 rings (SSSR count). The number of nitrogens with zero attached hydrogens (tertiary/aromatic N) is 3. The zero-order chi connectivity index (χ0) is 21.1. The summed E-state index contributed by atoms with van der Waals surface area (Å²) in [6.45, 7) is 0. The number of nitro groups is 1. The fourth-order valence-corrected chi connectivity index (χ4v) is 2.92. The molecule has 148 valence electrons. The van der Waals surface area contributed by atoms with Crippen LogP contribution >= 0.6 is 11.6 Å². The van der Waals surface area contributed by atoms with Crippen molar-refractivity contribution in [3.05, 3.63) is 93.6 Å². The number of halogens is 1. The Bertz CT molecular complexity index is 1260. The molecule has 0 spiro atoms. The van der Waals surface area contributed by atoms with Gasteiger partial charge in [-0.2, -0.15) is 0 Å². The lowest BCUT2D eigenvalue weighted by Crippen LogP contribution is -2.12. The van der Waals surface area contributed by atoms with E-state index in [9.17, 15) is 14.9 Å². The zero-order valence-electron chi connectivity index (χ0n) is 15.3. The Balaban J connectivity index is 1.47. The number of para-hydroxylation sites is 2. The molecule has 8 nitrogen and oxygen atoms in total. The molecular weight excluding hydrogens is 408 g/mol. The van der Waals surface area contributed by atoms with Crippen molar-refractivity contribution in [3.8, 4) is 11.6 Å². The predicted octanol–water partition coefficient (Wildman–Crippen LogP) is 5.24. The van der Waals surface area contributed by atoms with Gasteiger partial charge in [-0.25, -0.2) is 9.97 Å². The molecule has 1 N–H and O–H groups in total. The summed E-state index contributed by atoms with van der Waals surface area (Å²) in [5.74, 6) is 0.289. The monoisotopic (exact) mass is 420 g/mol. The van der Waals surface area contributed by atoms with Gasteiger partial charge < -0.3 is 10.1 Å². The molecule has 0 aliphatic heterocycles. The fraction of sp³-hybridized carbons (Fsp3) is 0. The van der Waals surface area contributed by atoms with E-state index in [-0.39, 0.29) is 16.3 Å². The number of amides is 1. The van der Waals surface area contributed by atoms with E-state index in [1.165, 1.54) is 18.3 Å². The minimum absolute atomic E-state index is 0.0117. The molecule has 4 aromatic rings. The van der Waals surface area contributed by atoms with Crippen LogP contribution in [0, 0.1) is 10.1 Å². The molecule has 0 atom stereocenters. The second kappa shape index (κ2) is 8.14. The Morgan fingerprint density at radius 1 is 1.03 bits per heavy atom. The third kappa shape index (κ3) is 4.18. The molecule has 0 aliphatic rings. The van der Waals surface area contributed by atoms with E-state index in [1.54, 1.807) is 24.3 Å². The van der Waals surface area contributed by atoms with Crippen LogP contribution in [-0.2, 0) is 0 Å². The Kier molecular flexibility index (Phi) is 5.23. The van der Waals surface area contributed by atoms with E-state index >= 15 is 0 Å². The number of carbonyl (C=O) groups is 1. The average Bonchev–Trinajstić information content (AvgIpc) is 2.75. The standard InChI is InChI=1S/C21H13ClN4O4/c22-17-10-7-14(26(28)29)11-16(17)21(27)24-13-5-8-15(9-6-13)30-20-12-23-18-3-1-2-4-19(18)25-20/h1-12H,(H,24,27). The molecular formula is C21H13ClN4O4. The summed E-state index contributed by atoms with van der Waals surface area (Å²) < 4.78 is 5.71. The molecule has 0 saturated heterocycles. The molecule has 3 aromatic carbocycles. The number of ether oxygens (including phenoxy) is 1. The molecule has 0 bridgehead atoms. The van der Waals surface area contributed by atoms with Crippen molar-refractivity contribution in [1.29, 1.82) is 0 Å². The number of hydrogen-bond acceptors (Lipinski definition) is 6. The zero-order valence-corrected chi connectivity index (χ0v) is 16.0. The maximum atomic E-state index is 12.4. The first kappa shape index (κ1) is 19.3. The number of nitro benzene ring substituents is 1. The lowest BCUT2D eigenvalue weighted by Gasteiger charge is -2.09. The molecule has 0 unspecified atom stereocenters. The van der Waals surface area contributed by atoms with Crippen molar-refractivity contribution >= 4 is 39.9 Å². The van der Waals surface area contributed by atoms with Crippen molar-refractivity contribution in [2.75, 3.05) is 5.32 Å². The highest BCUT2D eigenvalue weighted by atomic mass is 35.5. The molecule has 0 saturated carbocycles. The Labute approximate surface area is 175 Å². The van der Waals surface area contributed by atoms with Crippen molar-refractivity contribution in [1.82, 2.24) is 9.97 Å². The van der Waals surface area contributed by atoms with Gasteiger partial charge >= 0.3 is 0 Å². The lowest BCUT2D eigenvalue weighted by atomic mass is 10.2. The first-order chi connectivity index (χ1) is 14.5. The van der Waals surface area contributed by atoms with E-state index < -0.39 is 10.8 Å². The average molecular weight is 421 g/mol. The molecule has 1 aromatic heterocycles. The lowest BCUT2D eigenvalue weighted by molar-refractivity contribution is -0.384. The normalized spacial score (nSPS) is 10.6. The van der Waals surface area contributed by atoms with Crippen LogP contribution in [0.1, 0.15) is 10.4 Å². The van der Waals surface area contributed by atoms with Crippen LogP contribution in [0.5, 0.6) is 11.6 Å². The largest absolute Gasteiger partial charge is 0.437 e. The van der Waals surface area contributed by atoms with Gasteiger partial charge in [0.25, 0.3) is 11.6 Å². The van der Waals surface area contributed by atoms with Gasteiger partial charge in [-0.1, -0.05) is 23.7 Å². The van der Waals surface area contributed by atoms with Gasteiger partial charge in [0.2, 0.25) is 5.88 Å². The van der Waals surface area contributed by atoms with Crippen molar-refractivity contribution < 1.29 is 14.5 Å². The molecule has 0 aliphatic carbocycles. The van der Waals surface area contributed by atoms with Crippen LogP contribution in [0.4, 0.5) is 11.4 Å². The fourth-order valence-electron chi connectivity index (χ4n) is 2.72. The van der Waals surface area contributed by atoms with Crippen LogP contribution in [0.25, 0.3) is 11.0 Å². The summed E-state index contributed by atoms with van der Waals surface area (Å²) in [7, 11) is 0. The van der Waals surface area contributed by atoms with Crippen molar-refractivity contribution in [2.45, 2.75) is 0 Å². The first-order valence-electron chi connectivity index (χ1n) is 8.74.